The van der Waals surface area contributed by atoms with Crippen LogP contribution in [0.1, 0.15) is 10.4 Å². The van der Waals surface area contributed by atoms with Crippen LogP contribution in [0.3, 0.4) is 0 Å². The van der Waals surface area contributed by atoms with E-state index in [0.29, 0.717) is 22.3 Å². The molecule has 0 fully saturated rings. The van der Waals surface area contributed by atoms with Crippen LogP contribution in [0.4, 0.5) is 5.69 Å². The molecule has 0 aliphatic carbocycles. The fourth-order valence-corrected chi connectivity index (χ4v) is 3.80. The number of aromatic nitrogens is 2. The molecule has 4 aromatic rings. The molecule has 2 heterocycles. The quantitative estimate of drug-likeness (QED) is 0.500. The normalized spacial score (nSPS) is 10.7. The molecule has 0 saturated carbocycles. The number of nitrogens with one attached hydrogen (secondary N) is 1. The third-order valence-electron chi connectivity index (χ3n) is 4.51. The third kappa shape index (κ3) is 3.85. The topological polar surface area (TPSA) is 90.3 Å². The number of carbonyl (C=O) groups excluding carboxylic acids is 2. The standard InChI is InChI=1S/C22H17N3O4S/c1-29-22(28)14-8-10-15(11-9-14)23-19(26)13-25-21(27)17-6-3-2-5-16(17)20(24-25)18-7-4-12-30-18/h2-12H,13H2,1H3,(H,23,26). The van der Waals surface area contributed by atoms with Gasteiger partial charge in [-0.1, -0.05) is 24.3 Å². The second-order valence-electron chi connectivity index (χ2n) is 6.45. The summed E-state index contributed by atoms with van der Waals surface area (Å²) < 4.78 is 5.83. The van der Waals surface area contributed by atoms with Crippen molar-refractivity contribution in [3.8, 4) is 10.6 Å². The van der Waals surface area contributed by atoms with Crippen LogP contribution in [-0.4, -0.2) is 28.8 Å². The smallest absolute Gasteiger partial charge is 0.337 e. The average Bonchev–Trinajstić information content (AvgIpc) is 3.30. The molecule has 150 valence electrons. The van der Waals surface area contributed by atoms with Crippen molar-refractivity contribution in [2.75, 3.05) is 12.4 Å². The van der Waals surface area contributed by atoms with Crippen molar-refractivity contribution in [3.63, 3.8) is 0 Å². The zero-order valence-electron chi connectivity index (χ0n) is 16.0. The molecule has 0 atom stereocenters. The third-order valence-corrected chi connectivity index (χ3v) is 5.38. The summed E-state index contributed by atoms with van der Waals surface area (Å²) in [5.74, 6) is -0.858. The molecule has 2 aromatic carbocycles. The molecule has 0 aliphatic heterocycles. The van der Waals surface area contributed by atoms with Crippen molar-refractivity contribution >= 4 is 39.7 Å². The van der Waals surface area contributed by atoms with Gasteiger partial charge in [0.05, 0.1) is 22.9 Å². The zero-order valence-corrected chi connectivity index (χ0v) is 16.8. The Hall–Kier alpha value is -3.78. The number of anilines is 1. The minimum atomic E-state index is -0.458. The summed E-state index contributed by atoms with van der Waals surface area (Å²) in [6, 6.07) is 17.4. The van der Waals surface area contributed by atoms with E-state index in [-0.39, 0.29) is 12.1 Å². The highest BCUT2D eigenvalue weighted by atomic mass is 32.1. The van der Waals surface area contributed by atoms with E-state index in [1.165, 1.54) is 23.1 Å². The molecule has 1 N–H and O–H groups in total. The van der Waals surface area contributed by atoms with Gasteiger partial charge in [0, 0.05) is 11.1 Å². The molecule has 0 aliphatic rings. The molecular formula is C22H17N3O4S. The van der Waals surface area contributed by atoms with E-state index in [1.54, 1.807) is 36.4 Å². The fourth-order valence-electron chi connectivity index (χ4n) is 3.08. The van der Waals surface area contributed by atoms with E-state index in [9.17, 15) is 14.4 Å². The first kappa shape index (κ1) is 19.5. The lowest BCUT2D eigenvalue weighted by Crippen LogP contribution is -2.30. The Morgan fingerprint density at radius 3 is 2.43 bits per heavy atom. The van der Waals surface area contributed by atoms with Gasteiger partial charge in [-0.2, -0.15) is 5.10 Å². The fraction of sp³-hybridized carbons (Fsp3) is 0.0909. The number of methoxy groups -OCH3 is 1. The number of carbonyl (C=O) groups is 2. The second kappa shape index (κ2) is 8.30. The Morgan fingerprint density at radius 2 is 1.77 bits per heavy atom. The maximum absolute atomic E-state index is 12.9. The monoisotopic (exact) mass is 419 g/mol. The van der Waals surface area contributed by atoms with Crippen molar-refractivity contribution in [1.29, 1.82) is 0 Å². The Balaban J connectivity index is 1.62. The van der Waals surface area contributed by atoms with E-state index in [2.05, 4.69) is 15.2 Å². The molecule has 0 unspecified atom stereocenters. The zero-order chi connectivity index (χ0) is 21.1. The number of fused-ring (bicyclic) bond motifs is 1. The lowest BCUT2D eigenvalue weighted by molar-refractivity contribution is -0.117. The highest BCUT2D eigenvalue weighted by molar-refractivity contribution is 7.13. The first-order valence-corrected chi connectivity index (χ1v) is 9.97. The van der Waals surface area contributed by atoms with Crippen LogP contribution < -0.4 is 10.9 Å². The van der Waals surface area contributed by atoms with Gasteiger partial charge >= 0.3 is 5.97 Å². The van der Waals surface area contributed by atoms with E-state index in [0.717, 1.165) is 10.3 Å². The SMILES string of the molecule is COC(=O)c1ccc(NC(=O)Cn2nc(-c3cccs3)c3ccccc3c2=O)cc1. The van der Waals surface area contributed by atoms with Crippen LogP contribution >= 0.6 is 11.3 Å². The number of benzene rings is 2. The molecule has 0 bridgehead atoms. The summed E-state index contributed by atoms with van der Waals surface area (Å²) in [6.07, 6.45) is 0. The maximum Gasteiger partial charge on any atom is 0.337 e. The molecule has 0 radical (unpaired) electrons. The van der Waals surface area contributed by atoms with Gasteiger partial charge < -0.3 is 10.1 Å². The predicted octanol–water partition coefficient (Wildman–Crippen LogP) is 3.55. The number of hydrogen-bond acceptors (Lipinski definition) is 6. The van der Waals surface area contributed by atoms with Gasteiger partial charge in [-0.05, 0) is 41.8 Å². The van der Waals surface area contributed by atoms with E-state index in [1.807, 2.05) is 29.6 Å². The molecule has 7 nitrogen and oxygen atoms in total. The number of thiophene rings is 1. The summed E-state index contributed by atoms with van der Waals surface area (Å²) in [5.41, 5.74) is 1.21. The molecule has 2 aromatic heterocycles. The van der Waals surface area contributed by atoms with Crippen molar-refractivity contribution < 1.29 is 14.3 Å². The summed E-state index contributed by atoms with van der Waals surface area (Å²) in [7, 11) is 1.30. The van der Waals surface area contributed by atoms with Gasteiger partial charge in [-0.15, -0.1) is 11.3 Å². The van der Waals surface area contributed by atoms with Crippen LogP contribution in [0.5, 0.6) is 0 Å². The van der Waals surface area contributed by atoms with E-state index in [4.69, 9.17) is 0 Å². The number of rotatable bonds is 5. The first-order valence-electron chi connectivity index (χ1n) is 9.09. The Labute approximate surface area is 175 Å². The number of nitrogens with zero attached hydrogens (tertiary/aromatic N) is 2. The molecule has 4 rings (SSSR count). The number of ether oxygens (including phenoxy) is 1. The lowest BCUT2D eigenvalue weighted by atomic mass is 10.1. The van der Waals surface area contributed by atoms with Crippen molar-refractivity contribution in [3.05, 3.63) is 82.0 Å². The summed E-state index contributed by atoms with van der Waals surface area (Å²) in [5, 5.41) is 10.4. The average molecular weight is 419 g/mol. The first-order chi connectivity index (χ1) is 14.6. The van der Waals surface area contributed by atoms with Crippen LogP contribution in [0, 0.1) is 0 Å². The molecular weight excluding hydrogens is 402 g/mol. The van der Waals surface area contributed by atoms with E-state index >= 15 is 0 Å². The molecule has 0 spiro atoms. The van der Waals surface area contributed by atoms with Crippen molar-refractivity contribution in [1.82, 2.24) is 9.78 Å². The second-order valence-corrected chi connectivity index (χ2v) is 7.40. The Kier molecular flexibility index (Phi) is 5.40. The number of hydrogen-bond donors (Lipinski definition) is 1. The number of amides is 1. The Bertz CT molecular complexity index is 1280. The van der Waals surface area contributed by atoms with Gasteiger partial charge in [-0.3, -0.25) is 9.59 Å². The van der Waals surface area contributed by atoms with Crippen LogP contribution in [0.25, 0.3) is 21.3 Å². The lowest BCUT2D eigenvalue weighted by Gasteiger charge is -2.11. The largest absolute Gasteiger partial charge is 0.465 e. The van der Waals surface area contributed by atoms with Gasteiger partial charge in [-0.25, -0.2) is 9.48 Å². The van der Waals surface area contributed by atoms with Crippen LogP contribution in [-0.2, 0) is 16.1 Å². The van der Waals surface area contributed by atoms with Crippen LogP contribution in [0.15, 0.2) is 70.8 Å². The molecule has 1 amide bonds. The van der Waals surface area contributed by atoms with Crippen molar-refractivity contribution in [2.45, 2.75) is 6.54 Å². The highest BCUT2D eigenvalue weighted by Crippen LogP contribution is 2.28. The molecule has 0 saturated heterocycles. The summed E-state index contributed by atoms with van der Waals surface area (Å²) >= 11 is 1.52. The predicted molar refractivity (Wildman–Crippen MR) is 116 cm³/mol. The van der Waals surface area contributed by atoms with E-state index < -0.39 is 11.9 Å². The Morgan fingerprint density at radius 1 is 1.03 bits per heavy atom. The summed E-state index contributed by atoms with van der Waals surface area (Å²) in [4.78, 5) is 37.8. The minimum absolute atomic E-state index is 0.235. The highest BCUT2D eigenvalue weighted by Gasteiger charge is 2.15. The maximum atomic E-state index is 12.9. The van der Waals surface area contributed by atoms with Gasteiger partial charge in [0.25, 0.3) is 5.56 Å². The van der Waals surface area contributed by atoms with Gasteiger partial charge in [0.1, 0.15) is 12.2 Å². The summed E-state index contributed by atoms with van der Waals surface area (Å²) in [6.45, 7) is -0.235. The molecule has 8 heteroatoms. The molecule has 30 heavy (non-hydrogen) atoms. The number of esters is 1. The minimum Gasteiger partial charge on any atom is -0.465 e. The van der Waals surface area contributed by atoms with Gasteiger partial charge in [0.15, 0.2) is 0 Å². The van der Waals surface area contributed by atoms with Crippen LogP contribution in [0.2, 0.25) is 0 Å². The van der Waals surface area contributed by atoms with Gasteiger partial charge in [0.2, 0.25) is 5.91 Å². The van der Waals surface area contributed by atoms with Crippen molar-refractivity contribution in [2.24, 2.45) is 0 Å².